The first-order valence-corrected chi connectivity index (χ1v) is 11.8. The fourth-order valence-corrected chi connectivity index (χ4v) is 4.82. The van der Waals surface area contributed by atoms with Gasteiger partial charge in [0.25, 0.3) is 5.91 Å². The molecule has 0 aliphatic rings. The van der Waals surface area contributed by atoms with Crippen molar-refractivity contribution < 1.29 is 9.53 Å². The maximum absolute atomic E-state index is 12.7. The Bertz CT molecular complexity index is 1220. The van der Waals surface area contributed by atoms with Gasteiger partial charge in [0.05, 0.1) is 16.8 Å². The van der Waals surface area contributed by atoms with Gasteiger partial charge in [0.2, 0.25) is 0 Å². The van der Waals surface area contributed by atoms with Crippen LogP contribution < -0.4 is 10.1 Å². The molecule has 1 N–H and O–H groups in total. The summed E-state index contributed by atoms with van der Waals surface area (Å²) in [4.78, 5) is 17.9. The van der Waals surface area contributed by atoms with Gasteiger partial charge in [0.15, 0.2) is 5.13 Å². The lowest BCUT2D eigenvalue weighted by atomic mass is 10.1. The van der Waals surface area contributed by atoms with Gasteiger partial charge in [0.1, 0.15) is 12.4 Å². The number of thiophene rings is 1. The summed E-state index contributed by atoms with van der Waals surface area (Å²) in [5.74, 6) is 0.699. The Balaban J connectivity index is 1.39. The Labute approximate surface area is 189 Å². The summed E-state index contributed by atoms with van der Waals surface area (Å²) in [5, 5.41) is 11.7. The van der Waals surface area contributed by atoms with Gasteiger partial charge >= 0.3 is 0 Å². The van der Waals surface area contributed by atoms with E-state index < -0.39 is 0 Å². The minimum atomic E-state index is -0.162. The highest BCUT2D eigenvalue weighted by molar-refractivity contribution is 7.14. The van der Waals surface area contributed by atoms with E-state index in [1.165, 1.54) is 28.2 Å². The molecule has 6 nitrogen and oxygen atoms in total. The summed E-state index contributed by atoms with van der Waals surface area (Å²) in [6.07, 6.45) is 1.82. The third-order valence-corrected chi connectivity index (χ3v) is 6.74. The normalized spacial score (nSPS) is 11.0. The lowest BCUT2D eigenvalue weighted by Gasteiger charge is -2.08. The molecule has 1 aromatic carbocycles. The Morgan fingerprint density at radius 2 is 2.00 bits per heavy atom. The average molecular weight is 453 g/mol. The number of hydrogen-bond acceptors (Lipinski definition) is 6. The number of aromatic nitrogens is 3. The lowest BCUT2D eigenvalue weighted by molar-refractivity contribution is 0.103. The lowest BCUT2D eigenvalue weighted by Crippen LogP contribution is -2.10. The number of anilines is 1. The van der Waals surface area contributed by atoms with Crippen LogP contribution >= 0.6 is 22.7 Å². The van der Waals surface area contributed by atoms with E-state index in [0.29, 0.717) is 16.6 Å². The maximum atomic E-state index is 12.7. The molecule has 0 saturated carbocycles. The maximum Gasteiger partial charge on any atom is 0.267 e. The molecule has 1 amide bonds. The van der Waals surface area contributed by atoms with Crippen LogP contribution in [0.1, 0.15) is 39.0 Å². The van der Waals surface area contributed by atoms with E-state index in [1.54, 1.807) is 0 Å². The van der Waals surface area contributed by atoms with Gasteiger partial charge in [-0.25, -0.2) is 4.98 Å². The highest BCUT2D eigenvalue weighted by atomic mass is 32.1. The molecular weight excluding hydrogens is 428 g/mol. The van der Waals surface area contributed by atoms with E-state index in [-0.39, 0.29) is 5.91 Å². The summed E-state index contributed by atoms with van der Waals surface area (Å²) in [5.41, 5.74) is 6.16. The Morgan fingerprint density at radius 1 is 1.16 bits per heavy atom. The number of benzene rings is 1. The van der Waals surface area contributed by atoms with Gasteiger partial charge in [-0.05, 0) is 50.8 Å². The first-order valence-electron chi connectivity index (χ1n) is 10.0. The number of aryl methyl sites for hydroxylation is 3. The molecule has 0 unspecified atom stereocenters. The molecule has 3 aromatic heterocycles. The van der Waals surface area contributed by atoms with Crippen molar-refractivity contribution in [1.82, 2.24) is 14.8 Å². The molecule has 0 saturated heterocycles. The monoisotopic (exact) mass is 452 g/mol. The largest absolute Gasteiger partial charge is 0.489 e. The molecule has 0 bridgehead atoms. The van der Waals surface area contributed by atoms with Crippen LogP contribution in [0.2, 0.25) is 0 Å². The van der Waals surface area contributed by atoms with Crippen molar-refractivity contribution in [2.75, 3.05) is 5.32 Å². The third-order valence-electron chi connectivity index (χ3n) is 5.01. The zero-order chi connectivity index (χ0) is 22.0. The van der Waals surface area contributed by atoms with Gasteiger partial charge in [-0.3, -0.25) is 14.8 Å². The van der Waals surface area contributed by atoms with E-state index in [9.17, 15) is 4.79 Å². The standard InChI is InChI=1S/C23H24N4O2S2/c1-5-27-16(4)18(10-24-27)19-13-31-23(25-19)26-22(28)21-9-17(12-30-21)11-29-20-7-6-14(2)8-15(20)3/h6-10,12-13H,5,11H2,1-4H3,(H,25,26,28). The van der Waals surface area contributed by atoms with E-state index in [1.807, 2.05) is 53.7 Å². The fourth-order valence-electron chi connectivity index (χ4n) is 3.32. The van der Waals surface area contributed by atoms with Crippen molar-refractivity contribution in [3.8, 4) is 17.0 Å². The van der Waals surface area contributed by atoms with Crippen LogP contribution in [0.5, 0.6) is 5.75 Å². The van der Waals surface area contributed by atoms with Crippen molar-refractivity contribution in [1.29, 1.82) is 0 Å². The number of rotatable bonds is 7. The highest BCUT2D eigenvalue weighted by Crippen LogP contribution is 2.28. The molecule has 3 heterocycles. The van der Waals surface area contributed by atoms with Gasteiger partial charge in [-0.1, -0.05) is 17.7 Å². The molecule has 4 aromatic rings. The van der Waals surface area contributed by atoms with Crippen molar-refractivity contribution in [3.63, 3.8) is 0 Å². The number of nitrogens with zero attached hydrogens (tertiary/aromatic N) is 3. The number of thiazole rings is 1. The third kappa shape index (κ3) is 4.70. The fraction of sp³-hybridized carbons (Fsp3) is 0.261. The first kappa shape index (κ1) is 21.3. The van der Waals surface area contributed by atoms with Crippen LogP contribution in [0.3, 0.4) is 0 Å². The summed E-state index contributed by atoms with van der Waals surface area (Å²) in [6.45, 7) is 9.41. The van der Waals surface area contributed by atoms with Gasteiger partial charge in [0, 0.05) is 28.7 Å². The number of amides is 1. The van der Waals surface area contributed by atoms with E-state index in [0.717, 1.165) is 40.4 Å². The van der Waals surface area contributed by atoms with Crippen LogP contribution in [0.15, 0.2) is 41.2 Å². The van der Waals surface area contributed by atoms with Crippen molar-refractivity contribution >= 4 is 33.7 Å². The molecule has 0 atom stereocenters. The summed E-state index contributed by atoms with van der Waals surface area (Å²) in [7, 11) is 0. The molecule has 160 valence electrons. The molecule has 0 aliphatic carbocycles. The molecule has 0 spiro atoms. The van der Waals surface area contributed by atoms with Crippen molar-refractivity contribution in [3.05, 3.63) is 68.5 Å². The van der Waals surface area contributed by atoms with Crippen LogP contribution in [0, 0.1) is 20.8 Å². The van der Waals surface area contributed by atoms with Crippen molar-refractivity contribution in [2.24, 2.45) is 0 Å². The predicted octanol–water partition coefficient (Wildman–Crippen LogP) is 5.84. The van der Waals surface area contributed by atoms with Crippen LogP contribution in [-0.2, 0) is 13.2 Å². The highest BCUT2D eigenvalue weighted by Gasteiger charge is 2.15. The van der Waals surface area contributed by atoms with Gasteiger partial charge < -0.3 is 4.74 Å². The zero-order valence-corrected chi connectivity index (χ0v) is 19.6. The molecule has 0 fully saturated rings. The molecule has 4 rings (SSSR count). The smallest absolute Gasteiger partial charge is 0.267 e. The average Bonchev–Trinajstić information content (AvgIpc) is 3.47. The second-order valence-corrected chi connectivity index (χ2v) is 9.10. The number of carbonyl (C=O) groups is 1. The molecular formula is C23H24N4O2S2. The SMILES string of the molecule is CCn1ncc(-c2csc(NC(=O)c3cc(COc4ccc(C)cc4C)cs3)n2)c1C. The second-order valence-electron chi connectivity index (χ2n) is 7.33. The second kappa shape index (κ2) is 9.03. The molecule has 0 aliphatic heterocycles. The Morgan fingerprint density at radius 3 is 2.74 bits per heavy atom. The van der Waals surface area contributed by atoms with Crippen LogP contribution in [-0.4, -0.2) is 20.7 Å². The minimum Gasteiger partial charge on any atom is -0.489 e. The van der Waals surface area contributed by atoms with E-state index >= 15 is 0 Å². The molecule has 8 heteroatoms. The summed E-state index contributed by atoms with van der Waals surface area (Å²) in [6, 6.07) is 7.98. The van der Waals surface area contributed by atoms with E-state index in [2.05, 4.69) is 35.3 Å². The first-order chi connectivity index (χ1) is 14.9. The van der Waals surface area contributed by atoms with Crippen molar-refractivity contribution in [2.45, 2.75) is 40.8 Å². The van der Waals surface area contributed by atoms with E-state index in [4.69, 9.17) is 4.74 Å². The quantitative estimate of drug-likeness (QED) is 0.382. The number of nitrogens with one attached hydrogen (secondary N) is 1. The zero-order valence-electron chi connectivity index (χ0n) is 17.9. The van der Waals surface area contributed by atoms with Crippen LogP contribution in [0.4, 0.5) is 5.13 Å². The Kier molecular flexibility index (Phi) is 6.20. The topological polar surface area (TPSA) is 69.0 Å². The number of carbonyl (C=O) groups excluding carboxylic acids is 1. The minimum absolute atomic E-state index is 0.162. The number of hydrogen-bond donors (Lipinski definition) is 1. The number of ether oxygens (including phenoxy) is 1. The Hall–Kier alpha value is -2.97. The molecule has 31 heavy (non-hydrogen) atoms. The summed E-state index contributed by atoms with van der Waals surface area (Å²) < 4.78 is 7.85. The van der Waals surface area contributed by atoms with Crippen LogP contribution in [0.25, 0.3) is 11.3 Å². The molecule has 0 radical (unpaired) electrons. The predicted molar refractivity (Wildman–Crippen MR) is 126 cm³/mol. The van der Waals surface area contributed by atoms with Gasteiger partial charge in [-0.2, -0.15) is 5.10 Å². The summed E-state index contributed by atoms with van der Waals surface area (Å²) >= 11 is 2.81. The van der Waals surface area contributed by atoms with Gasteiger partial charge in [-0.15, -0.1) is 22.7 Å².